The van der Waals surface area contributed by atoms with Crippen LogP contribution in [0.2, 0.25) is 0 Å². The molecule has 0 heterocycles. The van der Waals surface area contributed by atoms with Gasteiger partial charge in [-0.05, 0) is 42.0 Å². The number of aliphatic carboxylic acids is 1. The van der Waals surface area contributed by atoms with E-state index in [0.717, 1.165) is 0 Å². The zero-order chi connectivity index (χ0) is 17.5. The van der Waals surface area contributed by atoms with Gasteiger partial charge in [-0.2, -0.15) is 5.26 Å². The van der Waals surface area contributed by atoms with Crippen LogP contribution in [0.1, 0.15) is 33.9 Å². The zero-order valence-corrected chi connectivity index (χ0v) is 13.0. The van der Waals surface area contributed by atoms with Gasteiger partial charge in [0, 0.05) is 5.56 Å². The van der Waals surface area contributed by atoms with E-state index >= 15 is 0 Å². The number of nitrogens with one attached hydrogen (secondary N) is 1. The number of carboxylic acid groups (broad SMARTS) is 1. The Balaban J connectivity index is 2.19. The van der Waals surface area contributed by atoms with Crippen molar-refractivity contribution in [3.63, 3.8) is 0 Å². The van der Waals surface area contributed by atoms with Gasteiger partial charge in [0.1, 0.15) is 5.75 Å². The molecule has 0 fully saturated rings. The Labute approximate surface area is 139 Å². The van der Waals surface area contributed by atoms with Crippen LogP contribution in [0.3, 0.4) is 0 Å². The number of nitrogens with zero attached hydrogens (tertiary/aromatic N) is 1. The summed E-state index contributed by atoms with van der Waals surface area (Å²) in [6.07, 6.45) is -0.242. The Morgan fingerprint density at radius 3 is 2.29 bits per heavy atom. The van der Waals surface area contributed by atoms with E-state index in [1.54, 1.807) is 24.3 Å². The van der Waals surface area contributed by atoms with E-state index in [-0.39, 0.29) is 6.42 Å². The highest BCUT2D eigenvalue weighted by atomic mass is 16.5. The lowest BCUT2D eigenvalue weighted by Crippen LogP contribution is -2.30. The molecule has 0 bridgehead atoms. The summed E-state index contributed by atoms with van der Waals surface area (Å²) in [5.41, 5.74) is 1.47. The maximum atomic E-state index is 12.3. The molecule has 2 aromatic carbocycles. The summed E-state index contributed by atoms with van der Waals surface area (Å²) in [5.74, 6) is -0.774. The summed E-state index contributed by atoms with van der Waals surface area (Å²) in [7, 11) is 1.54. The molecule has 0 saturated carbocycles. The van der Waals surface area contributed by atoms with E-state index in [1.807, 2.05) is 6.07 Å². The van der Waals surface area contributed by atoms with Gasteiger partial charge in [0.25, 0.3) is 5.91 Å². The van der Waals surface area contributed by atoms with Gasteiger partial charge in [-0.1, -0.05) is 12.1 Å². The van der Waals surface area contributed by atoms with Gasteiger partial charge in [0.05, 0.1) is 31.2 Å². The molecule has 0 aliphatic carbocycles. The standard InChI is InChI=1S/C18H16N2O4/c1-24-15-8-6-13(7-9-15)16(10-17(21)22)20-18(23)14-4-2-12(11-19)3-5-14/h2-9,16H,10H2,1H3,(H,20,23)(H,21,22)/t16-/m1/s1. The average molecular weight is 324 g/mol. The summed E-state index contributed by atoms with van der Waals surface area (Å²) in [4.78, 5) is 23.4. The number of hydrogen-bond acceptors (Lipinski definition) is 4. The second kappa shape index (κ2) is 7.79. The summed E-state index contributed by atoms with van der Waals surface area (Å²) < 4.78 is 5.07. The number of carbonyl (C=O) groups is 2. The maximum absolute atomic E-state index is 12.3. The first-order valence-corrected chi connectivity index (χ1v) is 7.20. The number of ether oxygens (including phenoxy) is 1. The van der Waals surface area contributed by atoms with Gasteiger partial charge < -0.3 is 15.2 Å². The van der Waals surface area contributed by atoms with Crippen molar-refractivity contribution in [1.29, 1.82) is 5.26 Å². The second-order valence-corrected chi connectivity index (χ2v) is 5.09. The lowest BCUT2D eigenvalue weighted by Gasteiger charge is -2.18. The van der Waals surface area contributed by atoms with Crippen LogP contribution in [-0.4, -0.2) is 24.1 Å². The molecule has 6 nitrogen and oxygen atoms in total. The first kappa shape index (κ1) is 17.0. The second-order valence-electron chi connectivity index (χ2n) is 5.09. The van der Waals surface area contributed by atoms with E-state index in [9.17, 15) is 9.59 Å². The third kappa shape index (κ3) is 4.34. The van der Waals surface area contributed by atoms with Gasteiger partial charge in [0.15, 0.2) is 0 Å². The van der Waals surface area contributed by atoms with Crippen LogP contribution in [0.15, 0.2) is 48.5 Å². The lowest BCUT2D eigenvalue weighted by atomic mass is 10.0. The fourth-order valence-electron chi connectivity index (χ4n) is 2.20. The topological polar surface area (TPSA) is 99.4 Å². The van der Waals surface area contributed by atoms with E-state index in [1.165, 1.54) is 31.4 Å². The molecule has 1 atom stereocenters. The third-order valence-electron chi connectivity index (χ3n) is 3.48. The fourth-order valence-corrected chi connectivity index (χ4v) is 2.20. The molecule has 2 N–H and O–H groups in total. The van der Waals surface area contributed by atoms with Crippen molar-refractivity contribution in [2.45, 2.75) is 12.5 Å². The molecule has 6 heteroatoms. The minimum Gasteiger partial charge on any atom is -0.497 e. The van der Waals surface area contributed by atoms with E-state index in [0.29, 0.717) is 22.4 Å². The first-order chi connectivity index (χ1) is 11.5. The van der Waals surface area contributed by atoms with Crippen molar-refractivity contribution in [3.05, 3.63) is 65.2 Å². The minimum atomic E-state index is -1.02. The van der Waals surface area contributed by atoms with Gasteiger partial charge >= 0.3 is 5.97 Å². The van der Waals surface area contributed by atoms with Gasteiger partial charge in [0.2, 0.25) is 0 Å². The average Bonchev–Trinajstić information content (AvgIpc) is 2.61. The van der Waals surface area contributed by atoms with Crippen molar-refractivity contribution in [2.24, 2.45) is 0 Å². The van der Waals surface area contributed by atoms with Crippen molar-refractivity contribution >= 4 is 11.9 Å². The Bertz CT molecular complexity index is 761. The normalized spacial score (nSPS) is 11.2. The number of amides is 1. The molecule has 0 aliphatic heterocycles. The molecule has 1 amide bonds. The maximum Gasteiger partial charge on any atom is 0.305 e. The van der Waals surface area contributed by atoms with Crippen molar-refractivity contribution in [1.82, 2.24) is 5.32 Å². The number of hydrogen-bond donors (Lipinski definition) is 2. The first-order valence-electron chi connectivity index (χ1n) is 7.20. The zero-order valence-electron chi connectivity index (χ0n) is 13.0. The molecule has 0 spiro atoms. The van der Waals surface area contributed by atoms with Crippen molar-refractivity contribution in [3.8, 4) is 11.8 Å². The monoisotopic (exact) mass is 324 g/mol. The number of carboxylic acids is 1. The number of carbonyl (C=O) groups excluding carboxylic acids is 1. The van der Waals surface area contributed by atoms with E-state index < -0.39 is 17.9 Å². The Kier molecular flexibility index (Phi) is 5.53. The molecule has 0 aliphatic rings. The number of nitriles is 1. The van der Waals surface area contributed by atoms with Crippen LogP contribution in [0.4, 0.5) is 0 Å². The predicted molar refractivity (Wildman–Crippen MR) is 86.6 cm³/mol. The lowest BCUT2D eigenvalue weighted by molar-refractivity contribution is -0.137. The molecule has 24 heavy (non-hydrogen) atoms. The Morgan fingerprint density at radius 1 is 1.17 bits per heavy atom. The fraction of sp³-hybridized carbons (Fsp3) is 0.167. The molecule has 2 rings (SSSR count). The van der Waals surface area contributed by atoms with Gasteiger partial charge in [-0.15, -0.1) is 0 Å². The highest BCUT2D eigenvalue weighted by Gasteiger charge is 2.19. The highest BCUT2D eigenvalue weighted by Crippen LogP contribution is 2.21. The predicted octanol–water partition coefficient (Wildman–Crippen LogP) is 2.51. The minimum absolute atomic E-state index is 0.242. The molecular weight excluding hydrogens is 308 g/mol. The molecule has 0 aromatic heterocycles. The summed E-state index contributed by atoms with van der Waals surface area (Å²) in [6.45, 7) is 0. The Morgan fingerprint density at radius 2 is 1.79 bits per heavy atom. The summed E-state index contributed by atoms with van der Waals surface area (Å²) in [5, 5.41) is 20.6. The largest absolute Gasteiger partial charge is 0.497 e. The number of methoxy groups -OCH3 is 1. The molecule has 2 aromatic rings. The van der Waals surface area contributed by atoms with Crippen LogP contribution in [-0.2, 0) is 4.79 Å². The van der Waals surface area contributed by atoms with Crippen LogP contribution in [0.25, 0.3) is 0 Å². The van der Waals surface area contributed by atoms with Crippen molar-refractivity contribution < 1.29 is 19.4 Å². The molecular formula is C18H16N2O4. The molecule has 0 saturated heterocycles. The van der Waals surface area contributed by atoms with Crippen molar-refractivity contribution in [2.75, 3.05) is 7.11 Å². The van der Waals surface area contributed by atoms with E-state index in [2.05, 4.69) is 5.32 Å². The summed E-state index contributed by atoms with van der Waals surface area (Å²) in [6, 6.07) is 14.3. The molecule has 0 unspecified atom stereocenters. The van der Waals surface area contributed by atoms with Crippen LogP contribution in [0, 0.1) is 11.3 Å². The number of benzene rings is 2. The third-order valence-corrected chi connectivity index (χ3v) is 3.48. The van der Waals surface area contributed by atoms with Gasteiger partial charge in [-0.3, -0.25) is 9.59 Å². The quantitative estimate of drug-likeness (QED) is 0.850. The van der Waals surface area contributed by atoms with Crippen LogP contribution >= 0.6 is 0 Å². The number of rotatable bonds is 6. The smallest absolute Gasteiger partial charge is 0.305 e. The molecule has 122 valence electrons. The summed E-state index contributed by atoms with van der Waals surface area (Å²) >= 11 is 0. The highest BCUT2D eigenvalue weighted by molar-refractivity contribution is 5.94. The molecule has 0 radical (unpaired) electrons. The van der Waals surface area contributed by atoms with Crippen LogP contribution in [0.5, 0.6) is 5.75 Å². The van der Waals surface area contributed by atoms with Crippen LogP contribution < -0.4 is 10.1 Å². The van der Waals surface area contributed by atoms with Gasteiger partial charge in [-0.25, -0.2) is 0 Å². The Hall–Kier alpha value is -3.33. The van der Waals surface area contributed by atoms with E-state index in [4.69, 9.17) is 15.1 Å². The SMILES string of the molecule is COc1ccc([C@@H](CC(=O)O)NC(=O)c2ccc(C#N)cc2)cc1.